The second-order valence-electron chi connectivity index (χ2n) is 4.81. The lowest BCUT2D eigenvalue weighted by atomic mass is 9.92. The Hall–Kier alpha value is -1.30. The number of hydrogen-bond donors (Lipinski definition) is 0. The minimum Gasteiger partial charge on any atom is -0.274 e. The number of nitrogens with zero attached hydrogens (tertiary/aromatic N) is 1. The second-order valence-corrected chi connectivity index (χ2v) is 5.67. The van der Waals surface area contributed by atoms with Crippen molar-refractivity contribution in [1.29, 1.82) is 0 Å². The molecule has 1 aromatic rings. The quantitative estimate of drug-likeness (QED) is 0.590. The molecule has 1 aromatic carbocycles. The van der Waals surface area contributed by atoms with Crippen LogP contribution in [0, 0.1) is 17.0 Å². The van der Waals surface area contributed by atoms with E-state index in [0.29, 0.717) is 4.90 Å². The monoisotopic (exact) mass is 317 g/mol. The van der Waals surface area contributed by atoms with Crippen molar-refractivity contribution in [3.63, 3.8) is 0 Å². The number of hydrogen-bond acceptors (Lipinski definition) is 2. The average Bonchev–Trinajstić information content (AvgIpc) is 2.43. The van der Waals surface area contributed by atoms with Gasteiger partial charge in [0.1, 0.15) is 11.6 Å². The van der Waals surface area contributed by atoms with Gasteiger partial charge < -0.3 is 0 Å². The second kappa shape index (κ2) is 4.12. The van der Waals surface area contributed by atoms with E-state index >= 15 is 0 Å². The number of carbonyl (C=O) groups excluding carboxylic acids is 2. The van der Waals surface area contributed by atoms with E-state index in [4.69, 9.17) is 0 Å². The highest BCUT2D eigenvalue weighted by atomic mass is 79.9. The maximum Gasteiger partial charge on any atom is 0.240 e. The Bertz CT molecular complexity index is 557. The lowest BCUT2D eigenvalue weighted by Gasteiger charge is -2.18. The van der Waals surface area contributed by atoms with Crippen molar-refractivity contribution in [2.75, 3.05) is 4.90 Å². The molecule has 1 aliphatic heterocycles. The largest absolute Gasteiger partial charge is 0.274 e. The van der Waals surface area contributed by atoms with Gasteiger partial charge in [-0.15, -0.1) is 0 Å². The number of rotatable bonds is 1. The molecule has 1 fully saturated rings. The Kier molecular flexibility index (Phi) is 3.01. The van der Waals surface area contributed by atoms with Gasteiger partial charge in [-0.1, -0.05) is 13.8 Å². The van der Waals surface area contributed by atoms with Crippen molar-refractivity contribution in [3.05, 3.63) is 28.2 Å². The predicted molar refractivity (Wildman–Crippen MR) is 64.9 cm³/mol. The molecule has 0 aromatic heterocycles. The molecule has 0 unspecified atom stereocenters. The molecule has 0 aliphatic carbocycles. The summed E-state index contributed by atoms with van der Waals surface area (Å²) in [5.74, 6) is -2.59. The number of halogens is 3. The first-order chi connectivity index (χ1) is 8.24. The fourth-order valence-corrected chi connectivity index (χ4v) is 2.19. The van der Waals surface area contributed by atoms with E-state index in [1.54, 1.807) is 13.8 Å². The van der Waals surface area contributed by atoms with E-state index in [2.05, 4.69) is 15.9 Å². The van der Waals surface area contributed by atoms with Gasteiger partial charge in [-0.2, -0.15) is 0 Å². The molecule has 96 valence electrons. The zero-order chi connectivity index (χ0) is 13.7. The number of amides is 2. The van der Waals surface area contributed by atoms with Crippen LogP contribution < -0.4 is 4.90 Å². The summed E-state index contributed by atoms with van der Waals surface area (Å²) in [5, 5.41) is 0. The third-order valence-corrected chi connectivity index (χ3v) is 3.46. The summed E-state index contributed by atoms with van der Waals surface area (Å²) >= 11 is 2.84. The zero-order valence-electron chi connectivity index (χ0n) is 9.76. The van der Waals surface area contributed by atoms with Crippen LogP contribution >= 0.6 is 15.9 Å². The van der Waals surface area contributed by atoms with Crippen LogP contribution in [-0.4, -0.2) is 11.8 Å². The molecule has 1 saturated heterocycles. The molecule has 0 saturated carbocycles. The van der Waals surface area contributed by atoms with Crippen LogP contribution in [0.4, 0.5) is 14.5 Å². The molecule has 0 radical (unpaired) electrons. The topological polar surface area (TPSA) is 37.4 Å². The van der Waals surface area contributed by atoms with Crippen LogP contribution in [0.25, 0.3) is 0 Å². The van der Waals surface area contributed by atoms with Crippen LogP contribution in [0.5, 0.6) is 0 Å². The number of anilines is 1. The first kappa shape index (κ1) is 13.1. The lowest BCUT2D eigenvalue weighted by molar-refractivity contribution is -0.124. The van der Waals surface area contributed by atoms with Crippen LogP contribution in [0.3, 0.4) is 0 Å². The van der Waals surface area contributed by atoms with Gasteiger partial charge in [0, 0.05) is 12.5 Å². The van der Waals surface area contributed by atoms with Gasteiger partial charge in [0.15, 0.2) is 0 Å². The molecule has 6 heteroatoms. The van der Waals surface area contributed by atoms with E-state index in [0.717, 1.165) is 12.1 Å². The molecule has 18 heavy (non-hydrogen) atoms. The summed E-state index contributed by atoms with van der Waals surface area (Å²) in [6, 6.07) is 1.74. The van der Waals surface area contributed by atoms with Crippen molar-refractivity contribution >= 4 is 33.4 Å². The zero-order valence-corrected chi connectivity index (χ0v) is 11.3. The highest BCUT2D eigenvalue weighted by molar-refractivity contribution is 9.10. The summed E-state index contributed by atoms with van der Waals surface area (Å²) < 4.78 is 27.1. The fourth-order valence-electron chi connectivity index (χ4n) is 1.88. The maximum absolute atomic E-state index is 13.7. The first-order valence-corrected chi connectivity index (χ1v) is 6.05. The summed E-state index contributed by atoms with van der Waals surface area (Å²) in [5.41, 5.74) is -1.22. The third kappa shape index (κ3) is 1.94. The molecular formula is C12H10BrF2NO2. The third-order valence-electron chi connectivity index (χ3n) is 2.86. The molecular weight excluding hydrogens is 308 g/mol. The lowest BCUT2D eigenvalue weighted by Crippen LogP contribution is -2.33. The van der Waals surface area contributed by atoms with Gasteiger partial charge in [0.2, 0.25) is 11.8 Å². The molecule has 0 atom stereocenters. The number of benzene rings is 1. The van der Waals surface area contributed by atoms with Gasteiger partial charge in [0.05, 0.1) is 15.6 Å². The standard InChI is InChI=1S/C12H10BrF2NO2/c1-12(2)5-10(17)16(11(12)18)9-4-7(14)6(13)3-8(9)15/h3-4H,5H2,1-2H3. The summed E-state index contributed by atoms with van der Waals surface area (Å²) in [6.45, 7) is 3.20. The molecule has 0 bridgehead atoms. The molecule has 3 nitrogen and oxygen atoms in total. The van der Waals surface area contributed by atoms with Gasteiger partial charge in [0.25, 0.3) is 0 Å². The van der Waals surface area contributed by atoms with Crippen molar-refractivity contribution < 1.29 is 18.4 Å². The van der Waals surface area contributed by atoms with E-state index in [1.807, 2.05) is 0 Å². The van der Waals surface area contributed by atoms with Gasteiger partial charge in [-0.25, -0.2) is 13.7 Å². The minimum atomic E-state index is -0.882. The molecule has 2 amide bonds. The molecule has 2 rings (SSSR count). The number of carbonyl (C=O) groups is 2. The van der Waals surface area contributed by atoms with Gasteiger partial charge in [-0.05, 0) is 22.0 Å². The van der Waals surface area contributed by atoms with Crippen molar-refractivity contribution in [3.8, 4) is 0 Å². The summed E-state index contributed by atoms with van der Waals surface area (Å²) in [4.78, 5) is 24.5. The Morgan fingerprint density at radius 2 is 1.83 bits per heavy atom. The minimum absolute atomic E-state index is 0.0110. The summed E-state index contributed by atoms with van der Waals surface area (Å²) in [6.07, 6.45) is -0.0110. The van der Waals surface area contributed by atoms with Crippen LogP contribution in [0.15, 0.2) is 16.6 Å². The fraction of sp³-hybridized carbons (Fsp3) is 0.333. The van der Waals surface area contributed by atoms with Crippen molar-refractivity contribution in [1.82, 2.24) is 0 Å². The van der Waals surface area contributed by atoms with E-state index < -0.39 is 28.9 Å². The Labute approximate surface area is 111 Å². The molecule has 1 aliphatic rings. The highest BCUT2D eigenvalue weighted by Gasteiger charge is 2.46. The van der Waals surface area contributed by atoms with E-state index in [-0.39, 0.29) is 16.6 Å². The Morgan fingerprint density at radius 1 is 1.22 bits per heavy atom. The van der Waals surface area contributed by atoms with E-state index in [9.17, 15) is 18.4 Å². The smallest absolute Gasteiger partial charge is 0.240 e. The van der Waals surface area contributed by atoms with Gasteiger partial charge in [-0.3, -0.25) is 9.59 Å². The Balaban J connectivity index is 2.53. The maximum atomic E-state index is 13.7. The van der Waals surface area contributed by atoms with Gasteiger partial charge >= 0.3 is 0 Å². The Morgan fingerprint density at radius 3 is 2.33 bits per heavy atom. The van der Waals surface area contributed by atoms with Crippen LogP contribution in [0.2, 0.25) is 0 Å². The first-order valence-electron chi connectivity index (χ1n) is 5.26. The van der Waals surface area contributed by atoms with Crippen molar-refractivity contribution in [2.24, 2.45) is 5.41 Å². The normalized spacial score (nSPS) is 18.6. The summed E-state index contributed by atoms with van der Waals surface area (Å²) in [7, 11) is 0. The molecule has 0 spiro atoms. The predicted octanol–water partition coefficient (Wildman–Crippen LogP) is 3.02. The SMILES string of the molecule is CC1(C)CC(=O)N(c2cc(F)c(Br)cc2F)C1=O. The van der Waals surface area contributed by atoms with Crippen LogP contribution in [0.1, 0.15) is 20.3 Å². The average molecular weight is 318 g/mol. The number of imide groups is 1. The molecule has 0 N–H and O–H groups in total. The molecule has 1 heterocycles. The van der Waals surface area contributed by atoms with Crippen molar-refractivity contribution in [2.45, 2.75) is 20.3 Å². The van der Waals surface area contributed by atoms with Crippen LogP contribution in [-0.2, 0) is 9.59 Å². The van der Waals surface area contributed by atoms with E-state index in [1.165, 1.54) is 0 Å². The highest BCUT2D eigenvalue weighted by Crippen LogP contribution is 2.37.